The molecule has 1 unspecified atom stereocenters. The third-order valence-corrected chi connectivity index (χ3v) is 3.15. The van der Waals surface area contributed by atoms with Crippen molar-refractivity contribution in [3.63, 3.8) is 0 Å². The molecule has 1 aromatic heterocycles. The van der Waals surface area contributed by atoms with E-state index in [9.17, 15) is 4.39 Å². The van der Waals surface area contributed by atoms with Crippen molar-refractivity contribution in [2.24, 2.45) is 0 Å². The second-order valence-corrected chi connectivity index (χ2v) is 4.45. The van der Waals surface area contributed by atoms with Crippen LogP contribution in [0.25, 0.3) is 0 Å². The van der Waals surface area contributed by atoms with E-state index in [0.29, 0.717) is 5.82 Å². The Morgan fingerprint density at radius 2 is 2.17 bits per heavy atom. The third-order valence-electron chi connectivity index (χ3n) is 3.15. The third kappa shape index (κ3) is 3.44. The second-order valence-electron chi connectivity index (χ2n) is 4.45. The number of hydrogen-bond acceptors (Lipinski definition) is 5. The molecule has 1 aromatic rings. The zero-order valence-electron chi connectivity index (χ0n) is 10.3. The van der Waals surface area contributed by atoms with E-state index in [1.54, 1.807) is 0 Å². The van der Waals surface area contributed by atoms with Crippen LogP contribution in [0.5, 0.6) is 0 Å². The molecule has 18 heavy (non-hydrogen) atoms. The normalized spacial score (nSPS) is 21.1. The lowest BCUT2D eigenvalue weighted by molar-refractivity contribution is 0.148. The van der Waals surface area contributed by atoms with E-state index < -0.39 is 5.82 Å². The van der Waals surface area contributed by atoms with Gasteiger partial charge in [0.15, 0.2) is 5.82 Å². The number of hydrogen-bond donors (Lipinski definition) is 2. The van der Waals surface area contributed by atoms with E-state index in [4.69, 9.17) is 5.11 Å². The van der Waals surface area contributed by atoms with Crippen molar-refractivity contribution in [1.82, 2.24) is 20.2 Å². The van der Waals surface area contributed by atoms with Crippen LogP contribution in [0.3, 0.4) is 0 Å². The Morgan fingerprint density at radius 1 is 1.39 bits per heavy atom. The van der Waals surface area contributed by atoms with Gasteiger partial charge in [-0.2, -0.15) is 0 Å². The lowest BCUT2D eigenvalue weighted by Gasteiger charge is -2.35. The lowest BCUT2D eigenvalue weighted by atomic mass is 10.1. The van der Waals surface area contributed by atoms with Gasteiger partial charge in [0.2, 0.25) is 0 Å². The summed E-state index contributed by atoms with van der Waals surface area (Å²) in [5.74, 6) is 0.252. The van der Waals surface area contributed by atoms with Gasteiger partial charge in [-0.25, -0.2) is 14.4 Å². The molecule has 1 saturated heterocycles. The molecule has 1 fully saturated rings. The first-order chi connectivity index (χ1) is 8.81. The van der Waals surface area contributed by atoms with Crippen LogP contribution in [0.2, 0.25) is 0 Å². The molecule has 0 aliphatic carbocycles. The summed E-state index contributed by atoms with van der Waals surface area (Å²) in [5.41, 5.74) is 0. The van der Waals surface area contributed by atoms with Gasteiger partial charge in [-0.15, -0.1) is 0 Å². The minimum atomic E-state index is -0.408. The minimum Gasteiger partial charge on any atom is -0.396 e. The number of aliphatic hydroxyl groups is 1. The van der Waals surface area contributed by atoms with Gasteiger partial charge in [-0.05, 0) is 19.4 Å². The number of nitrogens with zero attached hydrogens (tertiary/aromatic N) is 3. The van der Waals surface area contributed by atoms with Crippen LogP contribution in [0.4, 0.5) is 4.39 Å². The Hall–Kier alpha value is -1.11. The average Bonchev–Trinajstić information content (AvgIpc) is 2.41. The second kappa shape index (κ2) is 6.72. The van der Waals surface area contributed by atoms with Crippen molar-refractivity contribution in [2.45, 2.75) is 18.9 Å². The number of halogens is 1. The molecule has 0 aromatic carbocycles. The van der Waals surface area contributed by atoms with E-state index in [0.717, 1.165) is 39.0 Å². The first kappa shape index (κ1) is 13.3. The van der Waals surface area contributed by atoms with Crippen molar-refractivity contribution in [3.8, 4) is 0 Å². The summed E-state index contributed by atoms with van der Waals surface area (Å²) < 4.78 is 12.8. The summed E-state index contributed by atoms with van der Waals surface area (Å²) in [5, 5.41) is 12.1. The highest BCUT2D eigenvalue weighted by molar-refractivity contribution is 5.00. The Bertz CT molecular complexity index is 360. The van der Waals surface area contributed by atoms with Crippen LogP contribution >= 0.6 is 0 Å². The number of piperazine rings is 1. The minimum absolute atomic E-state index is 0.0954. The molecular formula is C12H19FN4O. The summed E-state index contributed by atoms with van der Waals surface area (Å²) in [6.45, 7) is 3.79. The van der Waals surface area contributed by atoms with E-state index in [1.807, 2.05) is 0 Å². The molecule has 2 heterocycles. The fourth-order valence-corrected chi connectivity index (χ4v) is 2.19. The fourth-order valence-electron chi connectivity index (χ4n) is 2.19. The lowest BCUT2D eigenvalue weighted by Crippen LogP contribution is -2.46. The smallest absolute Gasteiger partial charge is 0.159 e. The van der Waals surface area contributed by atoms with Crippen LogP contribution in [0.1, 0.15) is 24.7 Å². The molecule has 1 aliphatic heterocycles. The van der Waals surface area contributed by atoms with Crippen molar-refractivity contribution in [2.75, 3.05) is 32.8 Å². The molecule has 1 aliphatic rings. The molecule has 6 heteroatoms. The van der Waals surface area contributed by atoms with E-state index in [2.05, 4.69) is 20.2 Å². The molecule has 0 amide bonds. The fraction of sp³-hybridized carbons (Fsp3) is 0.667. The molecule has 2 rings (SSSR count). The quantitative estimate of drug-likeness (QED) is 0.742. The highest BCUT2D eigenvalue weighted by atomic mass is 19.1. The molecule has 100 valence electrons. The predicted octanol–water partition coefficient (Wildman–Crippen LogP) is 0.334. The van der Waals surface area contributed by atoms with Crippen molar-refractivity contribution in [1.29, 1.82) is 0 Å². The van der Waals surface area contributed by atoms with Crippen molar-refractivity contribution in [3.05, 3.63) is 24.0 Å². The van der Waals surface area contributed by atoms with Gasteiger partial charge in [0.05, 0.1) is 18.4 Å². The zero-order chi connectivity index (χ0) is 12.8. The largest absolute Gasteiger partial charge is 0.396 e. The SMILES string of the molecule is OCCCCN1CCNCC1c1ncc(F)cn1. The summed E-state index contributed by atoms with van der Waals surface area (Å²) >= 11 is 0. The van der Waals surface area contributed by atoms with Crippen LogP contribution in [-0.4, -0.2) is 52.8 Å². The molecule has 0 saturated carbocycles. The van der Waals surface area contributed by atoms with E-state index in [-0.39, 0.29) is 12.6 Å². The summed E-state index contributed by atoms with van der Waals surface area (Å²) in [4.78, 5) is 10.4. The van der Waals surface area contributed by atoms with E-state index in [1.165, 1.54) is 12.4 Å². The number of aliphatic hydroxyl groups excluding tert-OH is 1. The van der Waals surface area contributed by atoms with Gasteiger partial charge >= 0.3 is 0 Å². The monoisotopic (exact) mass is 254 g/mol. The predicted molar refractivity (Wildman–Crippen MR) is 65.5 cm³/mol. The molecule has 5 nitrogen and oxygen atoms in total. The maximum Gasteiger partial charge on any atom is 0.159 e. The molecular weight excluding hydrogens is 235 g/mol. The summed E-state index contributed by atoms with van der Waals surface area (Å²) in [6, 6.07) is 0.0954. The molecule has 0 radical (unpaired) electrons. The van der Waals surface area contributed by atoms with Crippen LogP contribution < -0.4 is 5.32 Å². The maximum atomic E-state index is 12.8. The van der Waals surface area contributed by atoms with Gasteiger partial charge in [0, 0.05) is 26.2 Å². The Labute approximate surface area is 106 Å². The van der Waals surface area contributed by atoms with Crippen LogP contribution in [0, 0.1) is 5.82 Å². The first-order valence-electron chi connectivity index (χ1n) is 6.34. The molecule has 2 N–H and O–H groups in total. The highest BCUT2D eigenvalue weighted by Crippen LogP contribution is 2.19. The highest BCUT2D eigenvalue weighted by Gasteiger charge is 2.25. The zero-order valence-corrected chi connectivity index (χ0v) is 10.3. The first-order valence-corrected chi connectivity index (χ1v) is 6.34. The average molecular weight is 254 g/mol. The number of unbranched alkanes of at least 4 members (excludes halogenated alkanes) is 1. The molecule has 0 bridgehead atoms. The van der Waals surface area contributed by atoms with Gasteiger partial charge in [0.25, 0.3) is 0 Å². The Balaban J connectivity index is 2.00. The van der Waals surface area contributed by atoms with E-state index >= 15 is 0 Å². The summed E-state index contributed by atoms with van der Waals surface area (Å²) in [6.07, 6.45) is 4.18. The van der Waals surface area contributed by atoms with Gasteiger partial charge in [0.1, 0.15) is 5.82 Å². The van der Waals surface area contributed by atoms with Gasteiger partial charge in [-0.1, -0.05) is 0 Å². The number of aromatic nitrogens is 2. The Kier molecular flexibility index (Phi) is 4.98. The maximum absolute atomic E-state index is 12.8. The number of nitrogens with one attached hydrogen (secondary N) is 1. The molecule has 1 atom stereocenters. The number of rotatable bonds is 5. The van der Waals surface area contributed by atoms with Crippen molar-refractivity contribution >= 4 is 0 Å². The van der Waals surface area contributed by atoms with Crippen molar-refractivity contribution < 1.29 is 9.50 Å². The standard InChI is InChI=1S/C12H19FN4O/c13-10-7-15-12(16-8-10)11-9-14-3-5-17(11)4-1-2-6-18/h7-8,11,14,18H,1-6,9H2. The Morgan fingerprint density at radius 3 is 2.89 bits per heavy atom. The topological polar surface area (TPSA) is 61.3 Å². The van der Waals surface area contributed by atoms with Gasteiger partial charge < -0.3 is 10.4 Å². The van der Waals surface area contributed by atoms with Crippen LogP contribution in [0.15, 0.2) is 12.4 Å². The van der Waals surface area contributed by atoms with Gasteiger partial charge in [-0.3, -0.25) is 4.90 Å². The van der Waals surface area contributed by atoms with Crippen LogP contribution in [-0.2, 0) is 0 Å². The molecule has 0 spiro atoms. The summed E-state index contributed by atoms with van der Waals surface area (Å²) in [7, 11) is 0.